The average Bonchev–Trinajstić information content (AvgIpc) is 2.66. The predicted octanol–water partition coefficient (Wildman–Crippen LogP) is 2.58. The maximum atomic E-state index is 12.8. The Morgan fingerprint density at radius 2 is 1.81 bits per heavy atom. The number of aliphatic hydroxyl groups excluding tert-OH is 1. The number of carbonyl (C=O) groups excluding carboxylic acids is 2. The van der Waals surface area contributed by atoms with Gasteiger partial charge in [0.25, 0.3) is 21.9 Å². The third-order valence-corrected chi connectivity index (χ3v) is 6.33. The number of benzene rings is 2. The molecule has 1 N–H and O–H groups in total. The SMILES string of the molecule is CCCCS(=O)(=O)ON1C(=O)c2cccc3c(SCCO)ccc(c23)C1=O. The Labute approximate surface area is 161 Å². The molecule has 0 radical (unpaired) electrons. The predicted molar refractivity (Wildman–Crippen MR) is 102 cm³/mol. The number of nitrogens with zero attached hydrogens (tertiary/aromatic N) is 1. The van der Waals surface area contributed by atoms with Gasteiger partial charge >= 0.3 is 0 Å². The van der Waals surface area contributed by atoms with Crippen LogP contribution in [-0.2, 0) is 14.4 Å². The molecule has 0 saturated carbocycles. The molecule has 0 fully saturated rings. The Morgan fingerprint density at radius 3 is 2.48 bits per heavy atom. The number of hydrogen-bond acceptors (Lipinski definition) is 7. The summed E-state index contributed by atoms with van der Waals surface area (Å²) in [6.45, 7) is 1.83. The van der Waals surface area contributed by atoms with Crippen LogP contribution in [0.4, 0.5) is 0 Å². The third kappa shape index (κ3) is 3.86. The topological polar surface area (TPSA) is 101 Å². The van der Waals surface area contributed by atoms with E-state index in [9.17, 15) is 18.0 Å². The first-order valence-corrected chi connectivity index (χ1v) is 11.1. The van der Waals surface area contributed by atoms with Gasteiger partial charge in [-0.15, -0.1) is 21.1 Å². The lowest BCUT2D eigenvalue weighted by molar-refractivity contribution is -0.0155. The van der Waals surface area contributed by atoms with Gasteiger partial charge in [-0.1, -0.05) is 25.5 Å². The lowest BCUT2D eigenvalue weighted by Gasteiger charge is -2.26. The van der Waals surface area contributed by atoms with Crippen molar-refractivity contribution >= 4 is 44.5 Å². The molecule has 0 atom stereocenters. The van der Waals surface area contributed by atoms with Crippen LogP contribution in [0, 0.1) is 0 Å². The van der Waals surface area contributed by atoms with Gasteiger partial charge < -0.3 is 5.11 Å². The van der Waals surface area contributed by atoms with Gasteiger partial charge in [-0.25, -0.2) is 0 Å². The van der Waals surface area contributed by atoms with Gasteiger partial charge in [-0.2, -0.15) is 8.42 Å². The fraction of sp³-hybridized carbons (Fsp3) is 0.333. The number of amides is 2. The van der Waals surface area contributed by atoms with E-state index in [2.05, 4.69) is 0 Å². The second-order valence-electron chi connectivity index (χ2n) is 6.01. The second-order valence-corrected chi connectivity index (χ2v) is 8.82. The van der Waals surface area contributed by atoms with E-state index < -0.39 is 21.9 Å². The van der Waals surface area contributed by atoms with Crippen LogP contribution in [-0.4, -0.2) is 48.5 Å². The summed E-state index contributed by atoms with van der Waals surface area (Å²) in [5.74, 6) is -1.40. The molecule has 2 amide bonds. The van der Waals surface area contributed by atoms with Crippen molar-refractivity contribution in [3.8, 4) is 0 Å². The summed E-state index contributed by atoms with van der Waals surface area (Å²) in [5, 5.41) is 10.6. The molecule has 2 aromatic rings. The Balaban J connectivity index is 2.04. The van der Waals surface area contributed by atoms with Crippen LogP contribution in [0.3, 0.4) is 0 Å². The minimum absolute atomic E-state index is 0.00268. The molecule has 144 valence electrons. The minimum Gasteiger partial charge on any atom is -0.396 e. The molecule has 27 heavy (non-hydrogen) atoms. The van der Waals surface area contributed by atoms with Gasteiger partial charge in [0, 0.05) is 16.0 Å². The summed E-state index contributed by atoms with van der Waals surface area (Å²) in [5.41, 5.74) is 0.415. The Hall–Kier alpha value is -1.94. The van der Waals surface area contributed by atoms with Gasteiger partial charge in [0.1, 0.15) is 0 Å². The molecule has 3 rings (SSSR count). The monoisotopic (exact) mass is 409 g/mol. The van der Waals surface area contributed by atoms with Crippen LogP contribution in [0.5, 0.6) is 0 Å². The normalized spacial score (nSPS) is 14.2. The summed E-state index contributed by atoms with van der Waals surface area (Å²) in [6, 6.07) is 8.27. The van der Waals surface area contributed by atoms with Crippen molar-refractivity contribution in [2.75, 3.05) is 18.1 Å². The van der Waals surface area contributed by atoms with Crippen molar-refractivity contribution in [3.05, 3.63) is 41.5 Å². The molecule has 0 bridgehead atoms. The standard InChI is InChI=1S/C18H19NO6S2/c1-2-3-11-27(23,24)25-19-17(21)13-6-4-5-12-15(26-10-9-20)8-7-14(16(12)13)18(19)22/h4-8,20H,2-3,9-11H2,1H3. The smallest absolute Gasteiger partial charge is 0.288 e. The summed E-state index contributed by atoms with van der Waals surface area (Å²) in [7, 11) is -4.05. The highest BCUT2D eigenvalue weighted by molar-refractivity contribution is 7.99. The van der Waals surface area contributed by atoms with E-state index in [4.69, 9.17) is 9.39 Å². The van der Waals surface area contributed by atoms with Gasteiger partial charge in [0.05, 0.1) is 23.5 Å². The van der Waals surface area contributed by atoms with Crippen molar-refractivity contribution < 1.29 is 27.4 Å². The van der Waals surface area contributed by atoms with E-state index in [-0.39, 0.29) is 23.5 Å². The van der Waals surface area contributed by atoms with Crippen molar-refractivity contribution in [3.63, 3.8) is 0 Å². The first-order chi connectivity index (χ1) is 12.9. The van der Waals surface area contributed by atoms with E-state index in [0.717, 1.165) is 4.90 Å². The van der Waals surface area contributed by atoms with E-state index in [1.165, 1.54) is 17.8 Å². The largest absolute Gasteiger partial charge is 0.396 e. The molecule has 0 aliphatic carbocycles. The van der Waals surface area contributed by atoms with Crippen molar-refractivity contribution in [1.82, 2.24) is 5.06 Å². The molecule has 7 nitrogen and oxygen atoms in total. The molecule has 0 aromatic heterocycles. The maximum absolute atomic E-state index is 12.8. The van der Waals surface area contributed by atoms with Gasteiger partial charge in [0.15, 0.2) is 0 Å². The van der Waals surface area contributed by atoms with Gasteiger partial charge in [-0.3, -0.25) is 9.59 Å². The lowest BCUT2D eigenvalue weighted by atomic mass is 9.95. The number of unbranched alkanes of at least 4 members (excludes halogenated alkanes) is 1. The van der Waals surface area contributed by atoms with Crippen molar-refractivity contribution in [1.29, 1.82) is 0 Å². The van der Waals surface area contributed by atoms with Gasteiger partial charge in [-0.05, 0) is 30.0 Å². The number of hydrogen-bond donors (Lipinski definition) is 1. The quantitative estimate of drug-likeness (QED) is 0.528. The van der Waals surface area contributed by atoms with Crippen molar-refractivity contribution in [2.24, 2.45) is 0 Å². The fourth-order valence-electron chi connectivity index (χ4n) is 2.87. The highest BCUT2D eigenvalue weighted by Crippen LogP contribution is 2.36. The summed E-state index contributed by atoms with van der Waals surface area (Å²) in [4.78, 5) is 26.3. The van der Waals surface area contributed by atoms with Gasteiger partial charge in [0.2, 0.25) is 0 Å². The van der Waals surface area contributed by atoms with Crippen LogP contribution in [0.15, 0.2) is 35.2 Å². The van der Waals surface area contributed by atoms with E-state index >= 15 is 0 Å². The Bertz CT molecular complexity index is 980. The van der Waals surface area contributed by atoms with E-state index in [1.807, 2.05) is 6.92 Å². The minimum atomic E-state index is -4.05. The van der Waals surface area contributed by atoms with Crippen LogP contribution < -0.4 is 0 Å². The molecule has 0 spiro atoms. The third-order valence-electron chi connectivity index (χ3n) is 4.12. The van der Waals surface area contributed by atoms with Crippen molar-refractivity contribution in [2.45, 2.75) is 24.7 Å². The second kappa shape index (κ2) is 7.97. The summed E-state index contributed by atoms with van der Waals surface area (Å²) >= 11 is 1.41. The number of aliphatic hydroxyl groups is 1. The van der Waals surface area contributed by atoms with Crippen LogP contribution in [0.2, 0.25) is 0 Å². The molecule has 0 unspecified atom stereocenters. The Kier molecular flexibility index (Phi) is 5.85. The zero-order valence-electron chi connectivity index (χ0n) is 14.7. The van der Waals surface area contributed by atoms with Crippen LogP contribution in [0.25, 0.3) is 10.8 Å². The first kappa shape index (κ1) is 19.8. The average molecular weight is 409 g/mol. The zero-order chi connectivity index (χ0) is 19.6. The van der Waals surface area contributed by atoms with Crippen LogP contribution in [0.1, 0.15) is 40.5 Å². The number of imide groups is 1. The highest BCUT2D eigenvalue weighted by Gasteiger charge is 2.37. The molecule has 1 aliphatic rings. The molecule has 1 aliphatic heterocycles. The van der Waals surface area contributed by atoms with E-state index in [1.54, 1.807) is 24.3 Å². The number of rotatable bonds is 8. The number of carbonyl (C=O) groups is 2. The summed E-state index contributed by atoms with van der Waals surface area (Å²) in [6.07, 6.45) is 1.01. The maximum Gasteiger partial charge on any atom is 0.288 e. The molecular formula is C18H19NO6S2. The molecule has 0 saturated heterocycles. The number of thioether (sulfide) groups is 1. The Morgan fingerprint density at radius 1 is 1.11 bits per heavy atom. The molecule has 1 heterocycles. The fourth-order valence-corrected chi connectivity index (χ4v) is 4.75. The molecule has 2 aromatic carbocycles. The summed E-state index contributed by atoms with van der Waals surface area (Å²) < 4.78 is 29.0. The van der Waals surface area contributed by atoms with E-state index in [0.29, 0.717) is 34.4 Å². The molecule has 9 heteroatoms. The zero-order valence-corrected chi connectivity index (χ0v) is 16.3. The van der Waals surface area contributed by atoms with Crippen LogP contribution >= 0.6 is 11.8 Å². The first-order valence-electron chi connectivity index (χ1n) is 8.50. The lowest BCUT2D eigenvalue weighted by Crippen LogP contribution is -2.42. The molecular weight excluding hydrogens is 390 g/mol. The highest BCUT2D eigenvalue weighted by atomic mass is 32.2. The number of hydroxylamine groups is 2.